The van der Waals surface area contributed by atoms with Crippen molar-refractivity contribution in [2.24, 2.45) is 11.8 Å². The second kappa shape index (κ2) is 6.76. The second-order valence-corrected chi connectivity index (χ2v) is 7.88. The van der Waals surface area contributed by atoms with Crippen LogP contribution in [0.5, 0.6) is 0 Å². The van der Waals surface area contributed by atoms with Crippen molar-refractivity contribution in [2.75, 3.05) is 19.6 Å². The molecule has 0 aromatic carbocycles. The van der Waals surface area contributed by atoms with Crippen LogP contribution in [0, 0.1) is 11.8 Å². The van der Waals surface area contributed by atoms with E-state index in [1.54, 1.807) is 4.68 Å². The zero-order valence-corrected chi connectivity index (χ0v) is 14.2. The molecule has 3 aliphatic rings. The number of rotatable bonds is 4. The highest BCUT2D eigenvalue weighted by Gasteiger charge is 2.24. The highest BCUT2D eigenvalue weighted by atomic mass is 16.1. The zero-order chi connectivity index (χ0) is 15.6. The number of fused-ring (bicyclic) bond motifs is 1. The van der Waals surface area contributed by atoms with Gasteiger partial charge in [0.05, 0.1) is 5.69 Å². The minimum atomic E-state index is 0.110. The molecule has 0 unspecified atom stereocenters. The van der Waals surface area contributed by atoms with Crippen LogP contribution in [-0.4, -0.2) is 34.3 Å². The van der Waals surface area contributed by atoms with Gasteiger partial charge in [0.1, 0.15) is 0 Å². The molecule has 0 radical (unpaired) electrons. The van der Waals surface area contributed by atoms with Gasteiger partial charge >= 0.3 is 0 Å². The summed E-state index contributed by atoms with van der Waals surface area (Å²) in [5.41, 5.74) is 2.47. The molecule has 0 spiro atoms. The first-order valence-corrected chi connectivity index (χ1v) is 9.60. The Hall–Kier alpha value is -1.16. The largest absolute Gasteiger partial charge is 0.303 e. The monoisotopic (exact) mass is 315 g/mol. The summed E-state index contributed by atoms with van der Waals surface area (Å²) in [4.78, 5) is 14.9. The van der Waals surface area contributed by atoms with Gasteiger partial charge in [0.2, 0.25) is 0 Å². The normalized spacial score (nSPS) is 23.5. The fourth-order valence-electron chi connectivity index (χ4n) is 4.72. The molecule has 1 aliphatic heterocycles. The van der Waals surface area contributed by atoms with Crippen molar-refractivity contribution in [3.63, 3.8) is 0 Å². The van der Waals surface area contributed by atoms with Gasteiger partial charge in [0.25, 0.3) is 5.56 Å². The number of hydrogen-bond donors (Lipinski definition) is 0. The highest BCUT2D eigenvalue weighted by molar-refractivity contribution is 5.22. The molecule has 126 valence electrons. The zero-order valence-electron chi connectivity index (χ0n) is 14.2. The number of piperidine rings is 1. The predicted octanol–water partition coefficient (Wildman–Crippen LogP) is 2.63. The summed E-state index contributed by atoms with van der Waals surface area (Å²) < 4.78 is 1.75. The van der Waals surface area contributed by atoms with Gasteiger partial charge < -0.3 is 4.90 Å². The molecule has 4 heteroatoms. The first kappa shape index (κ1) is 15.4. The van der Waals surface area contributed by atoms with Crippen molar-refractivity contribution in [1.82, 2.24) is 14.7 Å². The first-order chi connectivity index (χ1) is 11.3. The van der Waals surface area contributed by atoms with Gasteiger partial charge in [-0.3, -0.25) is 4.79 Å². The molecule has 0 atom stereocenters. The van der Waals surface area contributed by atoms with Crippen LogP contribution in [0.4, 0.5) is 0 Å². The van der Waals surface area contributed by atoms with E-state index in [0.29, 0.717) is 5.92 Å². The highest BCUT2D eigenvalue weighted by Crippen LogP contribution is 2.27. The van der Waals surface area contributed by atoms with Crippen molar-refractivity contribution < 1.29 is 0 Å². The van der Waals surface area contributed by atoms with E-state index in [4.69, 9.17) is 0 Å². The van der Waals surface area contributed by atoms with Gasteiger partial charge in [-0.1, -0.05) is 12.8 Å². The molecule has 4 nitrogen and oxygen atoms in total. The van der Waals surface area contributed by atoms with Crippen LogP contribution in [0.25, 0.3) is 0 Å². The van der Waals surface area contributed by atoms with E-state index in [-0.39, 0.29) is 5.56 Å². The maximum absolute atomic E-state index is 12.2. The van der Waals surface area contributed by atoms with Crippen molar-refractivity contribution in [3.05, 3.63) is 27.7 Å². The molecule has 2 heterocycles. The molecule has 1 aromatic rings. The van der Waals surface area contributed by atoms with E-state index in [9.17, 15) is 4.79 Å². The molecular weight excluding hydrogens is 286 g/mol. The van der Waals surface area contributed by atoms with E-state index < -0.39 is 0 Å². The summed E-state index contributed by atoms with van der Waals surface area (Å²) in [5, 5.41) is 4.64. The lowest BCUT2D eigenvalue weighted by Gasteiger charge is -2.33. The van der Waals surface area contributed by atoms with Crippen LogP contribution in [0.2, 0.25) is 0 Å². The number of aromatic nitrogens is 2. The number of aryl methyl sites for hydroxylation is 2. The van der Waals surface area contributed by atoms with Gasteiger partial charge in [0.15, 0.2) is 0 Å². The summed E-state index contributed by atoms with van der Waals surface area (Å²) in [6.45, 7) is 4.55. The third kappa shape index (κ3) is 3.52. The summed E-state index contributed by atoms with van der Waals surface area (Å²) in [7, 11) is 0. The van der Waals surface area contributed by atoms with Crippen LogP contribution in [-0.2, 0) is 19.4 Å². The molecular formula is C19H29N3O. The Labute approximate surface area is 138 Å². The maximum atomic E-state index is 12.2. The lowest BCUT2D eigenvalue weighted by atomic mass is 9.95. The standard InChI is InChI=1S/C19H29N3O/c23-19-12-17-6-3-7-18(17)20-22(19)14-16-8-10-21(11-9-16)13-15-4-1-2-5-15/h12,15-16H,1-11,13-14H2. The molecule has 0 N–H and O–H groups in total. The van der Waals surface area contributed by atoms with Gasteiger partial charge in [-0.05, 0) is 75.4 Å². The quantitative estimate of drug-likeness (QED) is 0.857. The number of likely N-dealkylation sites (tertiary alicyclic amines) is 1. The summed E-state index contributed by atoms with van der Waals surface area (Å²) in [6.07, 6.45) is 11.4. The van der Waals surface area contributed by atoms with Crippen molar-refractivity contribution in [3.8, 4) is 0 Å². The van der Waals surface area contributed by atoms with Crippen LogP contribution in [0.3, 0.4) is 0 Å². The van der Waals surface area contributed by atoms with Crippen molar-refractivity contribution >= 4 is 0 Å². The van der Waals surface area contributed by atoms with E-state index in [2.05, 4.69) is 10.00 Å². The topological polar surface area (TPSA) is 38.1 Å². The lowest BCUT2D eigenvalue weighted by molar-refractivity contribution is 0.150. The third-order valence-electron chi connectivity index (χ3n) is 6.15. The molecule has 0 amide bonds. The molecule has 2 fully saturated rings. The van der Waals surface area contributed by atoms with Crippen LogP contribution >= 0.6 is 0 Å². The Morgan fingerprint density at radius 1 is 0.957 bits per heavy atom. The summed E-state index contributed by atoms with van der Waals surface area (Å²) >= 11 is 0. The maximum Gasteiger partial charge on any atom is 0.267 e. The SMILES string of the molecule is O=c1cc2c(nn1CC1CCN(CC3CCCC3)CC1)CCC2. The summed E-state index contributed by atoms with van der Waals surface area (Å²) in [6, 6.07) is 1.84. The molecule has 1 saturated heterocycles. The molecule has 0 bridgehead atoms. The van der Waals surface area contributed by atoms with Gasteiger partial charge in [-0.15, -0.1) is 0 Å². The molecule has 1 saturated carbocycles. The van der Waals surface area contributed by atoms with Gasteiger partial charge in [-0.2, -0.15) is 5.10 Å². The number of hydrogen-bond acceptors (Lipinski definition) is 3. The second-order valence-electron chi connectivity index (χ2n) is 7.88. The van der Waals surface area contributed by atoms with E-state index >= 15 is 0 Å². The number of nitrogens with zero attached hydrogens (tertiary/aromatic N) is 3. The van der Waals surface area contributed by atoms with E-state index in [1.165, 1.54) is 69.4 Å². The molecule has 2 aliphatic carbocycles. The Bertz CT molecular complexity index is 595. The predicted molar refractivity (Wildman–Crippen MR) is 91.6 cm³/mol. The average Bonchev–Trinajstić information content (AvgIpc) is 3.21. The molecule has 1 aromatic heterocycles. The van der Waals surface area contributed by atoms with Gasteiger partial charge in [-0.25, -0.2) is 4.68 Å². The minimum absolute atomic E-state index is 0.110. The lowest BCUT2D eigenvalue weighted by Crippen LogP contribution is -2.39. The Morgan fingerprint density at radius 2 is 1.70 bits per heavy atom. The fraction of sp³-hybridized carbons (Fsp3) is 0.789. The fourth-order valence-corrected chi connectivity index (χ4v) is 4.72. The van der Waals surface area contributed by atoms with Crippen molar-refractivity contribution in [1.29, 1.82) is 0 Å². The minimum Gasteiger partial charge on any atom is -0.303 e. The van der Waals surface area contributed by atoms with Crippen LogP contribution < -0.4 is 5.56 Å². The molecule has 4 rings (SSSR count). The average molecular weight is 315 g/mol. The van der Waals surface area contributed by atoms with E-state index in [0.717, 1.165) is 31.7 Å². The third-order valence-corrected chi connectivity index (χ3v) is 6.15. The van der Waals surface area contributed by atoms with E-state index in [1.807, 2.05) is 6.07 Å². The summed E-state index contributed by atoms with van der Waals surface area (Å²) in [5.74, 6) is 1.58. The van der Waals surface area contributed by atoms with Crippen molar-refractivity contribution in [2.45, 2.75) is 64.3 Å². The Kier molecular flexibility index (Phi) is 4.52. The smallest absolute Gasteiger partial charge is 0.267 e. The van der Waals surface area contributed by atoms with Crippen LogP contribution in [0.1, 0.15) is 56.2 Å². The van der Waals surface area contributed by atoms with Gasteiger partial charge in [0, 0.05) is 19.2 Å². The Balaban J connectivity index is 1.32. The Morgan fingerprint density at radius 3 is 2.48 bits per heavy atom. The first-order valence-electron chi connectivity index (χ1n) is 9.60. The molecule has 23 heavy (non-hydrogen) atoms. The van der Waals surface area contributed by atoms with Crippen LogP contribution in [0.15, 0.2) is 10.9 Å².